The Labute approximate surface area is 66.6 Å². The molecule has 62 valence electrons. The highest BCUT2D eigenvalue weighted by Crippen LogP contribution is 2.04. The average Bonchev–Trinajstić information content (AvgIpc) is 2.18. The smallest absolute Gasteiger partial charge is 0.124 e. The summed E-state index contributed by atoms with van der Waals surface area (Å²) in [6.07, 6.45) is 1.68. The fourth-order valence-electron chi connectivity index (χ4n) is 0.893. The highest BCUT2D eigenvalue weighted by atomic mass is 15.2. The van der Waals surface area contributed by atoms with E-state index in [4.69, 9.17) is 5.73 Å². The van der Waals surface area contributed by atoms with E-state index in [-0.39, 0.29) is 0 Å². The van der Waals surface area contributed by atoms with Crippen molar-refractivity contribution in [3.8, 4) is 0 Å². The quantitative estimate of drug-likeness (QED) is 0.655. The Bertz CT molecular complexity index is 239. The molecular formula is C7H14N4. The molecule has 1 aromatic heterocycles. The molecule has 0 unspecified atom stereocenters. The molecule has 0 aliphatic heterocycles. The minimum atomic E-state index is 0.710. The van der Waals surface area contributed by atoms with Crippen molar-refractivity contribution in [1.29, 1.82) is 0 Å². The molecule has 4 nitrogen and oxygen atoms in total. The fraction of sp³-hybridized carbons (Fsp3) is 0.571. The van der Waals surface area contributed by atoms with Crippen molar-refractivity contribution in [2.24, 2.45) is 7.05 Å². The number of anilines is 1. The largest absolute Gasteiger partial charge is 0.384 e. The lowest BCUT2D eigenvalue weighted by atomic mass is 10.5. The molecule has 0 bridgehead atoms. The van der Waals surface area contributed by atoms with Crippen LogP contribution in [0.4, 0.5) is 5.82 Å². The molecule has 0 aromatic carbocycles. The SMILES string of the molecule is CN(C)Cc1ncc(N)n1C. The molecule has 4 heteroatoms. The number of nitrogens with two attached hydrogens (primary N) is 1. The van der Waals surface area contributed by atoms with E-state index in [0.717, 1.165) is 12.4 Å². The second-order valence-electron chi connectivity index (χ2n) is 2.90. The van der Waals surface area contributed by atoms with Crippen LogP contribution in [0, 0.1) is 0 Å². The van der Waals surface area contributed by atoms with Gasteiger partial charge in [-0.2, -0.15) is 0 Å². The molecule has 0 radical (unpaired) electrons. The summed E-state index contributed by atoms with van der Waals surface area (Å²) in [5, 5.41) is 0. The number of imidazole rings is 1. The summed E-state index contributed by atoms with van der Waals surface area (Å²) < 4.78 is 1.89. The Hall–Kier alpha value is -1.03. The van der Waals surface area contributed by atoms with Gasteiger partial charge in [0.25, 0.3) is 0 Å². The van der Waals surface area contributed by atoms with Crippen LogP contribution in [-0.4, -0.2) is 28.5 Å². The van der Waals surface area contributed by atoms with Crippen molar-refractivity contribution < 1.29 is 0 Å². The zero-order valence-corrected chi connectivity index (χ0v) is 7.20. The molecule has 0 aliphatic carbocycles. The van der Waals surface area contributed by atoms with Gasteiger partial charge in [0, 0.05) is 7.05 Å². The molecule has 1 aromatic rings. The standard InChI is InChI=1S/C7H14N4/c1-10(2)5-7-9-4-6(8)11(7)3/h4H,5,8H2,1-3H3. The lowest BCUT2D eigenvalue weighted by Crippen LogP contribution is -2.14. The minimum Gasteiger partial charge on any atom is -0.384 e. The molecule has 0 saturated heterocycles. The van der Waals surface area contributed by atoms with E-state index >= 15 is 0 Å². The van der Waals surface area contributed by atoms with Gasteiger partial charge < -0.3 is 15.2 Å². The summed E-state index contributed by atoms with van der Waals surface area (Å²) in [6, 6.07) is 0. The van der Waals surface area contributed by atoms with Gasteiger partial charge in [0.1, 0.15) is 11.6 Å². The molecule has 0 amide bonds. The van der Waals surface area contributed by atoms with Crippen LogP contribution in [0.5, 0.6) is 0 Å². The summed E-state index contributed by atoms with van der Waals surface area (Å²) in [4.78, 5) is 6.21. The molecule has 2 N–H and O–H groups in total. The molecule has 0 saturated carbocycles. The number of rotatable bonds is 2. The first-order chi connectivity index (χ1) is 5.11. The lowest BCUT2D eigenvalue weighted by Gasteiger charge is -2.08. The van der Waals surface area contributed by atoms with Crippen LogP contribution in [0.15, 0.2) is 6.20 Å². The summed E-state index contributed by atoms with van der Waals surface area (Å²) >= 11 is 0. The predicted octanol–water partition coefficient (Wildman–Crippen LogP) is 0.0639. The van der Waals surface area contributed by atoms with Crippen LogP contribution in [0.25, 0.3) is 0 Å². The van der Waals surface area contributed by atoms with E-state index in [1.807, 2.05) is 25.7 Å². The maximum absolute atomic E-state index is 5.60. The van der Waals surface area contributed by atoms with E-state index in [2.05, 4.69) is 9.88 Å². The van der Waals surface area contributed by atoms with Crippen molar-refractivity contribution in [1.82, 2.24) is 14.5 Å². The molecule has 0 fully saturated rings. The molecule has 1 heterocycles. The monoisotopic (exact) mass is 154 g/mol. The maximum atomic E-state index is 5.60. The van der Waals surface area contributed by atoms with Gasteiger partial charge >= 0.3 is 0 Å². The molecule has 0 aliphatic rings. The first kappa shape index (κ1) is 8.07. The van der Waals surface area contributed by atoms with Crippen LogP contribution < -0.4 is 5.73 Å². The van der Waals surface area contributed by atoms with Crippen LogP contribution in [0.1, 0.15) is 5.82 Å². The van der Waals surface area contributed by atoms with Crippen LogP contribution >= 0.6 is 0 Å². The molecule has 1 rings (SSSR count). The highest BCUT2D eigenvalue weighted by molar-refractivity contribution is 5.27. The molecule has 0 spiro atoms. The summed E-state index contributed by atoms with van der Waals surface area (Å²) in [6.45, 7) is 0.827. The normalized spacial score (nSPS) is 10.9. The first-order valence-corrected chi connectivity index (χ1v) is 3.52. The summed E-state index contributed by atoms with van der Waals surface area (Å²) in [7, 11) is 5.93. The zero-order chi connectivity index (χ0) is 8.43. The van der Waals surface area contributed by atoms with E-state index in [1.54, 1.807) is 6.20 Å². The van der Waals surface area contributed by atoms with E-state index < -0.39 is 0 Å². The molecule has 11 heavy (non-hydrogen) atoms. The van der Waals surface area contributed by atoms with Crippen molar-refractivity contribution in [2.45, 2.75) is 6.54 Å². The second kappa shape index (κ2) is 2.92. The summed E-state index contributed by atoms with van der Waals surface area (Å²) in [5.74, 6) is 1.70. The van der Waals surface area contributed by atoms with Gasteiger partial charge in [-0.3, -0.25) is 0 Å². The third kappa shape index (κ3) is 1.71. The van der Waals surface area contributed by atoms with E-state index in [1.165, 1.54) is 0 Å². The molecule has 0 atom stereocenters. The zero-order valence-electron chi connectivity index (χ0n) is 7.20. The summed E-state index contributed by atoms with van der Waals surface area (Å²) in [5.41, 5.74) is 5.60. The second-order valence-corrected chi connectivity index (χ2v) is 2.90. The number of nitrogen functional groups attached to an aromatic ring is 1. The van der Waals surface area contributed by atoms with Gasteiger partial charge in [0.15, 0.2) is 0 Å². The third-order valence-electron chi connectivity index (χ3n) is 1.58. The Morgan fingerprint density at radius 3 is 2.64 bits per heavy atom. The predicted molar refractivity (Wildman–Crippen MR) is 45.0 cm³/mol. The number of hydrogen-bond acceptors (Lipinski definition) is 3. The number of hydrogen-bond donors (Lipinski definition) is 1. The van der Waals surface area contributed by atoms with Crippen molar-refractivity contribution >= 4 is 5.82 Å². The van der Waals surface area contributed by atoms with Crippen LogP contribution in [0.2, 0.25) is 0 Å². The Balaban J connectivity index is 2.79. The highest BCUT2D eigenvalue weighted by Gasteiger charge is 2.03. The Kier molecular flexibility index (Phi) is 2.14. The number of nitrogens with zero attached hydrogens (tertiary/aromatic N) is 3. The van der Waals surface area contributed by atoms with Crippen LogP contribution in [-0.2, 0) is 13.6 Å². The third-order valence-corrected chi connectivity index (χ3v) is 1.58. The number of aromatic nitrogens is 2. The first-order valence-electron chi connectivity index (χ1n) is 3.52. The Morgan fingerprint density at radius 2 is 2.27 bits per heavy atom. The van der Waals surface area contributed by atoms with Gasteiger partial charge in [0.2, 0.25) is 0 Å². The van der Waals surface area contributed by atoms with Gasteiger partial charge in [0.05, 0.1) is 12.7 Å². The van der Waals surface area contributed by atoms with Crippen molar-refractivity contribution in [3.63, 3.8) is 0 Å². The van der Waals surface area contributed by atoms with Gasteiger partial charge in [-0.1, -0.05) is 0 Å². The van der Waals surface area contributed by atoms with Gasteiger partial charge in [-0.25, -0.2) is 4.98 Å². The van der Waals surface area contributed by atoms with E-state index in [0.29, 0.717) is 5.82 Å². The van der Waals surface area contributed by atoms with Gasteiger partial charge in [-0.05, 0) is 14.1 Å². The average molecular weight is 154 g/mol. The fourth-order valence-corrected chi connectivity index (χ4v) is 0.893. The molecular weight excluding hydrogens is 140 g/mol. The van der Waals surface area contributed by atoms with E-state index in [9.17, 15) is 0 Å². The topological polar surface area (TPSA) is 47.1 Å². The minimum absolute atomic E-state index is 0.710. The maximum Gasteiger partial charge on any atom is 0.124 e. The van der Waals surface area contributed by atoms with Crippen molar-refractivity contribution in [3.05, 3.63) is 12.0 Å². The van der Waals surface area contributed by atoms with Gasteiger partial charge in [-0.15, -0.1) is 0 Å². The Morgan fingerprint density at radius 1 is 1.64 bits per heavy atom. The van der Waals surface area contributed by atoms with Crippen molar-refractivity contribution in [2.75, 3.05) is 19.8 Å². The van der Waals surface area contributed by atoms with Crippen LogP contribution in [0.3, 0.4) is 0 Å². The lowest BCUT2D eigenvalue weighted by molar-refractivity contribution is 0.385.